The number of hydrogen-bond acceptors (Lipinski definition) is 3. The van der Waals surface area contributed by atoms with Crippen molar-refractivity contribution in [3.8, 4) is 0 Å². The van der Waals surface area contributed by atoms with Crippen LogP contribution in [-0.2, 0) is 9.53 Å². The first-order chi connectivity index (χ1) is 8.48. The number of methoxy groups -OCH3 is 1. The third-order valence-electron chi connectivity index (χ3n) is 4.31. The molecule has 0 aromatic heterocycles. The number of fused-ring (bicyclic) bond motifs is 2. The minimum absolute atomic E-state index is 0.173. The molecule has 2 rings (SSSR count). The fraction of sp³-hybridized carbons (Fsp3) is 0.929. The predicted molar refractivity (Wildman–Crippen MR) is 71.4 cm³/mol. The van der Waals surface area contributed by atoms with Gasteiger partial charge in [0, 0.05) is 32.2 Å². The van der Waals surface area contributed by atoms with Gasteiger partial charge in [0.1, 0.15) is 0 Å². The largest absolute Gasteiger partial charge is 0.377 e. The minimum Gasteiger partial charge on any atom is -0.377 e. The minimum atomic E-state index is -0.275. The van der Waals surface area contributed by atoms with Gasteiger partial charge in [-0.25, -0.2) is 0 Å². The van der Waals surface area contributed by atoms with Crippen LogP contribution in [0.4, 0.5) is 0 Å². The van der Waals surface area contributed by atoms with Crippen molar-refractivity contribution in [2.45, 2.75) is 63.6 Å². The van der Waals surface area contributed by atoms with E-state index in [1.54, 1.807) is 7.11 Å². The lowest BCUT2D eigenvalue weighted by molar-refractivity contribution is -0.123. The Hall–Kier alpha value is -0.610. The number of rotatable bonds is 5. The average molecular weight is 254 g/mol. The number of piperidine rings is 1. The number of carbonyl (C=O) groups excluding carboxylic acids is 1. The van der Waals surface area contributed by atoms with Crippen LogP contribution in [0.25, 0.3) is 0 Å². The van der Waals surface area contributed by atoms with Gasteiger partial charge >= 0.3 is 0 Å². The van der Waals surface area contributed by atoms with Crippen molar-refractivity contribution in [3.05, 3.63) is 0 Å². The Bertz CT molecular complexity index is 292. The summed E-state index contributed by atoms with van der Waals surface area (Å²) in [6.45, 7) is 4.55. The average Bonchev–Trinajstić information content (AvgIpc) is 2.66. The smallest absolute Gasteiger partial charge is 0.220 e. The molecule has 2 unspecified atom stereocenters. The highest BCUT2D eigenvalue weighted by molar-refractivity contribution is 5.76. The molecule has 18 heavy (non-hydrogen) atoms. The highest BCUT2D eigenvalue weighted by Gasteiger charge is 2.34. The summed E-state index contributed by atoms with van der Waals surface area (Å²) in [4.78, 5) is 11.9. The van der Waals surface area contributed by atoms with Crippen molar-refractivity contribution in [1.82, 2.24) is 10.6 Å². The SMILES string of the molecule is COC(C)(C)CNC(=O)CC1CC2CCC(C1)N2. The molecule has 1 amide bonds. The molecule has 0 saturated carbocycles. The predicted octanol–water partition coefficient (Wildman–Crippen LogP) is 1.45. The summed E-state index contributed by atoms with van der Waals surface area (Å²) in [5, 5.41) is 6.59. The Labute approximate surface area is 110 Å². The molecule has 4 nitrogen and oxygen atoms in total. The normalized spacial score (nSPS) is 31.4. The van der Waals surface area contributed by atoms with Gasteiger partial charge < -0.3 is 15.4 Å². The van der Waals surface area contributed by atoms with Crippen molar-refractivity contribution in [2.24, 2.45) is 5.92 Å². The van der Waals surface area contributed by atoms with Crippen molar-refractivity contribution < 1.29 is 9.53 Å². The van der Waals surface area contributed by atoms with E-state index in [1.807, 2.05) is 13.8 Å². The summed E-state index contributed by atoms with van der Waals surface area (Å²) in [7, 11) is 1.68. The van der Waals surface area contributed by atoms with Crippen LogP contribution >= 0.6 is 0 Å². The van der Waals surface area contributed by atoms with Gasteiger partial charge in [-0.05, 0) is 45.4 Å². The second-order valence-corrected chi connectivity index (χ2v) is 6.42. The summed E-state index contributed by atoms with van der Waals surface area (Å²) in [6, 6.07) is 1.33. The molecule has 104 valence electrons. The van der Waals surface area contributed by atoms with E-state index in [4.69, 9.17) is 4.74 Å². The molecule has 0 aromatic rings. The topological polar surface area (TPSA) is 50.4 Å². The summed E-state index contributed by atoms with van der Waals surface area (Å²) >= 11 is 0. The molecule has 0 spiro atoms. The van der Waals surface area contributed by atoms with Crippen molar-refractivity contribution in [2.75, 3.05) is 13.7 Å². The van der Waals surface area contributed by atoms with Gasteiger partial charge in [-0.2, -0.15) is 0 Å². The van der Waals surface area contributed by atoms with E-state index < -0.39 is 0 Å². The van der Waals surface area contributed by atoms with E-state index in [2.05, 4.69) is 10.6 Å². The van der Waals surface area contributed by atoms with Gasteiger partial charge in [-0.3, -0.25) is 4.79 Å². The van der Waals surface area contributed by atoms with Crippen LogP contribution in [0.2, 0.25) is 0 Å². The molecular weight excluding hydrogens is 228 g/mol. The van der Waals surface area contributed by atoms with E-state index in [0.717, 1.165) is 12.8 Å². The van der Waals surface area contributed by atoms with Gasteiger partial charge in [0.25, 0.3) is 0 Å². The summed E-state index contributed by atoms with van der Waals surface area (Å²) in [6.07, 6.45) is 5.59. The molecule has 2 N–H and O–H groups in total. The van der Waals surface area contributed by atoms with Gasteiger partial charge in [0.15, 0.2) is 0 Å². The van der Waals surface area contributed by atoms with Crippen molar-refractivity contribution in [3.63, 3.8) is 0 Å². The van der Waals surface area contributed by atoms with Crippen LogP contribution in [-0.4, -0.2) is 37.2 Å². The third-order valence-corrected chi connectivity index (χ3v) is 4.31. The van der Waals surface area contributed by atoms with Gasteiger partial charge in [-0.1, -0.05) is 0 Å². The summed E-state index contributed by atoms with van der Waals surface area (Å²) in [5.74, 6) is 0.737. The summed E-state index contributed by atoms with van der Waals surface area (Å²) in [5.41, 5.74) is -0.275. The van der Waals surface area contributed by atoms with Gasteiger partial charge in [0.05, 0.1) is 5.60 Å². The van der Waals surface area contributed by atoms with Crippen molar-refractivity contribution in [1.29, 1.82) is 0 Å². The van der Waals surface area contributed by atoms with E-state index in [-0.39, 0.29) is 11.5 Å². The fourth-order valence-corrected chi connectivity index (χ4v) is 3.06. The highest BCUT2D eigenvalue weighted by atomic mass is 16.5. The molecule has 0 radical (unpaired) electrons. The third kappa shape index (κ3) is 3.69. The molecule has 2 heterocycles. The first-order valence-corrected chi connectivity index (χ1v) is 7.06. The lowest BCUT2D eigenvalue weighted by Crippen LogP contribution is -2.42. The number of nitrogens with one attached hydrogen (secondary N) is 2. The molecule has 4 heteroatoms. The second-order valence-electron chi connectivity index (χ2n) is 6.42. The molecule has 2 saturated heterocycles. The molecule has 2 atom stereocenters. The van der Waals surface area contributed by atoms with E-state index in [0.29, 0.717) is 31.0 Å². The maximum atomic E-state index is 11.9. The number of amides is 1. The van der Waals surface area contributed by atoms with Crippen LogP contribution in [0.3, 0.4) is 0 Å². The Morgan fingerprint density at radius 1 is 1.33 bits per heavy atom. The first kappa shape index (κ1) is 13.8. The number of hydrogen-bond donors (Lipinski definition) is 2. The monoisotopic (exact) mass is 254 g/mol. The van der Waals surface area contributed by atoms with Crippen molar-refractivity contribution >= 4 is 5.91 Å². The molecule has 2 fully saturated rings. The molecule has 2 bridgehead atoms. The second kappa shape index (κ2) is 5.57. The van der Waals surface area contributed by atoms with E-state index >= 15 is 0 Å². The Balaban J connectivity index is 1.71. The van der Waals surface area contributed by atoms with Gasteiger partial charge in [0.2, 0.25) is 5.91 Å². The summed E-state index contributed by atoms with van der Waals surface area (Å²) < 4.78 is 5.30. The van der Waals surface area contributed by atoms with Crippen LogP contribution in [0.5, 0.6) is 0 Å². The quantitative estimate of drug-likeness (QED) is 0.780. The lowest BCUT2D eigenvalue weighted by Gasteiger charge is -2.29. The Morgan fingerprint density at radius 3 is 2.50 bits per heavy atom. The standard InChI is InChI=1S/C14H26N2O2/c1-14(2,18-3)9-15-13(17)8-10-6-11-4-5-12(7-10)16-11/h10-12,16H,4-9H2,1-3H3,(H,15,17). The maximum Gasteiger partial charge on any atom is 0.220 e. The maximum absolute atomic E-state index is 11.9. The molecule has 0 aliphatic carbocycles. The Morgan fingerprint density at radius 2 is 1.94 bits per heavy atom. The zero-order chi connectivity index (χ0) is 13.2. The fourth-order valence-electron chi connectivity index (χ4n) is 3.06. The Kier molecular flexibility index (Phi) is 4.28. The lowest BCUT2D eigenvalue weighted by atomic mass is 9.89. The van der Waals surface area contributed by atoms with Crippen LogP contribution < -0.4 is 10.6 Å². The molecule has 2 aliphatic heterocycles. The van der Waals surface area contributed by atoms with Gasteiger partial charge in [-0.15, -0.1) is 0 Å². The van der Waals surface area contributed by atoms with Crippen LogP contribution in [0.1, 0.15) is 46.0 Å². The molecular formula is C14H26N2O2. The molecule has 2 aliphatic rings. The number of carbonyl (C=O) groups is 1. The van der Waals surface area contributed by atoms with E-state index in [1.165, 1.54) is 12.8 Å². The zero-order valence-corrected chi connectivity index (χ0v) is 11.8. The molecule has 0 aromatic carbocycles. The number of ether oxygens (including phenoxy) is 1. The zero-order valence-electron chi connectivity index (χ0n) is 11.8. The van der Waals surface area contributed by atoms with Crippen LogP contribution in [0, 0.1) is 5.92 Å². The van der Waals surface area contributed by atoms with E-state index in [9.17, 15) is 4.79 Å². The highest BCUT2D eigenvalue weighted by Crippen LogP contribution is 2.32. The van der Waals surface area contributed by atoms with Crippen LogP contribution in [0.15, 0.2) is 0 Å². The first-order valence-electron chi connectivity index (χ1n) is 7.06.